The zero-order chi connectivity index (χ0) is 22.1. The number of rotatable bonds is 0. The number of halogens is 2. The molecule has 4 rings (SSSR count). The summed E-state index contributed by atoms with van der Waals surface area (Å²) in [6, 6.07) is 9.34. The minimum absolute atomic E-state index is 0.00694. The summed E-state index contributed by atoms with van der Waals surface area (Å²) in [6.45, 7) is 6.66. The van der Waals surface area contributed by atoms with Crippen molar-refractivity contribution in [1.82, 2.24) is 26.3 Å². The zero-order valence-corrected chi connectivity index (χ0v) is 21.5. The third-order valence-corrected chi connectivity index (χ3v) is 7.08. The van der Waals surface area contributed by atoms with Crippen LogP contribution in [0.15, 0.2) is 18.2 Å². The molecule has 177 valence electrons. The van der Waals surface area contributed by atoms with E-state index in [1.807, 2.05) is 0 Å². The van der Waals surface area contributed by atoms with Gasteiger partial charge < -0.3 is 21.3 Å². The molecule has 6 atom stereocenters. The summed E-state index contributed by atoms with van der Waals surface area (Å²) in [5.41, 5.74) is 2.34. The molecule has 4 N–H and O–H groups in total. The van der Waals surface area contributed by atoms with E-state index >= 15 is 0 Å². The van der Waals surface area contributed by atoms with Gasteiger partial charge in [0.15, 0.2) is 0 Å². The van der Waals surface area contributed by atoms with Gasteiger partial charge >= 0.3 is 33.3 Å². The first-order valence-corrected chi connectivity index (χ1v) is 15.2. The fourth-order valence-electron chi connectivity index (χ4n) is 5.43. The van der Waals surface area contributed by atoms with E-state index in [0.717, 1.165) is 13.1 Å². The topological polar surface area (TPSA) is 61.0 Å². The molecule has 2 fully saturated rings. The molecule has 5 nitrogen and oxygen atoms in total. The van der Waals surface area contributed by atoms with Crippen LogP contribution in [0.25, 0.3) is 0 Å². The van der Waals surface area contributed by atoms with Crippen LogP contribution in [0, 0.1) is 0 Å². The fourth-order valence-corrected chi connectivity index (χ4v) is 5.43. The third kappa shape index (κ3) is 7.82. The molecule has 2 saturated carbocycles. The number of nitrogens with zero attached hydrogens (tertiary/aromatic N) is 1. The monoisotopic (exact) mass is 510 g/mol. The molecule has 1 aromatic heterocycles. The van der Waals surface area contributed by atoms with Gasteiger partial charge in [0, 0.05) is 49.3 Å². The number of aromatic nitrogens is 1. The average Bonchev–Trinajstić information content (AvgIpc) is 2.79. The third-order valence-electron chi connectivity index (χ3n) is 7.08. The Morgan fingerprint density at radius 3 is 1.55 bits per heavy atom. The average molecular weight is 511 g/mol. The van der Waals surface area contributed by atoms with Crippen LogP contribution in [-0.4, -0.2) is 42.2 Å². The summed E-state index contributed by atoms with van der Waals surface area (Å²) in [7, 11) is 9.59. The van der Waals surface area contributed by atoms with Crippen molar-refractivity contribution in [2.24, 2.45) is 0 Å². The van der Waals surface area contributed by atoms with Crippen molar-refractivity contribution in [1.29, 1.82) is 0 Å². The molecule has 3 aliphatic rings. The van der Waals surface area contributed by atoms with Crippen LogP contribution in [0.2, 0.25) is 0 Å². The quantitative estimate of drug-likeness (QED) is 0.385. The number of pyridine rings is 1. The van der Waals surface area contributed by atoms with Crippen molar-refractivity contribution in [2.45, 2.75) is 101 Å². The molecule has 4 unspecified atom stereocenters. The van der Waals surface area contributed by atoms with Crippen LogP contribution in [0.1, 0.15) is 88.7 Å². The standard InChI is InChI=1S/C23H39N5.2ClH.Mn/c1-16-18-12-7-13-19(28-18)17(2)27-23-11-6-4-9-21(23)25-15-14-24-20-8-3-5-10-22(20)26-16;;;/h7,12-13,16-17,20-27H,3-6,8-11,14-15H2,1-2H3;2*1H;/q;;;+2/p-2/t16-,17-,20?,21?,22?,23?;;;/m1.../s1. The van der Waals surface area contributed by atoms with Crippen LogP contribution in [0.4, 0.5) is 0 Å². The molecule has 1 aliphatic heterocycles. The van der Waals surface area contributed by atoms with Gasteiger partial charge in [-0.2, -0.15) is 0 Å². The summed E-state index contributed by atoms with van der Waals surface area (Å²) >= 11 is 0.00694. The van der Waals surface area contributed by atoms with Gasteiger partial charge in [0.2, 0.25) is 0 Å². The van der Waals surface area contributed by atoms with Gasteiger partial charge in [-0.1, -0.05) is 31.7 Å². The van der Waals surface area contributed by atoms with Crippen molar-refractivity contribution < 1.29 is 13.1 Å². The zero-order valence-electron chi connectivity index (χ0n) is 18.8. The Bertz CT molecular complexity index is 603. The van der Waals surface area contributed by atoms with Gasteiger partial charge in [-0.3, -0.25) is 4.98 Å². The molecule has 0 radical (unpaired) electrons. The van der Waals surface area contributed by atoms with E-state index in [1.54, 1.807) is 0 Å². The van der Waals surface area contributed by atoms with Crippen LogP contribution in [-0.2, 0) is 13.1 Å². The Labute approximate surface area is 203 Å². The predicted octanol–water partition coefficient (Wildman–Crippen LogP) is 4.57. The van der Waals surface area contributed by atoms with Crippen molar-refractivity contribution in [3.05, 3.63) is 29.6 Å². The molecule has 2 aliphatic carbocycles. The summed E-state index contributed by atoms with van der Waals surface area (Å²) in [5, 5.41) is 15.5. The Balaban J connectivity index is 0.000000858. The Morgan fingerprint density at radius 1 is 0.742 bits per heavy atom. The van der Waals surface area contributed by atoms with Crippen LogP contribution >= 0.6 is 20.2 Å². The number of hydrogen-bond donors (Lipinski definition) is 4. The molecule has 0 spiro atoms. The second kappa shape index (κ2) is 13.7. The molecule has 1 aromatic rings. The molecular weight excluding hydrogens is 472 g/mol. The van der Waals surface area contributed by atoms with E-state index in [0.29, 0.717) is 24.2 Å². The summed E-state index contributed by atoms with van der Waals surface area (Å²) in [6.07, 6.45) is 10.4. The Hall–Kier alpha value is 0.0895. The number of fused-ring (bicyclic) bond motifs is 4. The number of nitrogens with one attached hydrogen (secondary N) is 4. The molecule has 31 heavy (non-hydrogen) atoms. The summed E-state index contributed by atoms with van der Waals surface area (Å²) in [4.78, 5) is 5.06. The van der Waals surface area contributed by atoms with E-state index in [4.69, 9.17) is 25.2 Å². The van der Waals surface area contributed by atoms with Gasteiger partial charge in [0.25, 0.3) is 0 Å². The van der Waals surface area contributed by atoms with Crippen LogP contribution in [0.3, 0.4) is 0 Å². The maximum atomic E-state index is 5.06. The van der Waals surface area contributed by atoms with E-state index < -0.39 is 0 Å². The van der Waals surface area contributed by atoms with Crippen LogP contribution in [0.5, 0.6) is 0 Å². The summed E-state index contributed by atoms with van der Waals surface area (Å²) in [5.74, 6) is 0. The van der Waals surface area contributed by atoms with Crippen LogP contribution < -0.4 is 21.3 Å². The van der Waals surface area contributed by atoms with E-state index in [-0.39, 0.29) is 25.2 Å². The van der Waals surface area contributed by atoms with Gasteiger partial charge in [-0.25, -0.2) is 0 Å². The first-order valence-electron chi connectivity index (χ1n) is 11.9. The maximum absolute atomic E-state index is 5.06. The van der Waals surface area contributed by atoms with Crippen molar-refractivity contribution >= 4 is 20.2 Å². The van der Waals surface area contributed by atoms with Crippen molar-refractivity contribution in [2.75, 3.05) is 13.1 Å². The first-order chi connectivity index (χ1) is 15.1. The normalized spacial score (nSPS) is 34.7. The van der Waals surface area contributed by atoms with E-state index in [2.05, 4.69) is 53.3 Å². The van der Waals surface area contributed by atoms with Crippen molar-refractivity contribution in [3.63, 3.8) is 0 Å². The molecule has 0 amide bonds. The molecule has 8 heteroatoms. The molecule has 2 heterocycles. The summed E-state index contributed by atoms with van der Waals surface area (Å²) < 4.78 is 0. The first kappa shape index (κ1) is 25.7. The van der Waals surface area contributed by atoms with Gasteiger partial charge in [0.05, 0.1) is 11.4 Å². The second-order valence-electron chi connectivity index (χ2n) is 9.22. The van der Waals surface area contributed by atoms with E-state index in [1.165, 1.54) is 62.8 Å². The molecule has 0 aromatic carbocycles. The molecular formula is C23H39Cl2MnN5. The van der Waals surface area contributed by atoms with Gasteiger partial charge in [-0.15, -0.1) is 0 Å². The SMILES string of the molecule is C[C@H]1NC2CCCCC2NCCNC2CCCCC2N[C@H](C)c2cccc1n2.[Cl][Mn][Cl]. The molecule has 0 saturated heterocycles. The van der Waals surface area contributed by atoms with Gasteiger partial charge in [-0.05, 0) is 51.7 Å². The second-order valence-corrected chi connectivity index (χ2v) is 11.2. The minimum atomic E-state index is 0.00694. The fraction of sp³-hybridized carbons (Fsp3) is 0.783. The Morgan fingerprint density at radius 2 is 1.13 bits per heavy atom. The Kier molecular flexibility index (Phi) is 11.4. The molecule has 2 bridgehead atoms. The van der Waals surface area contributed by atoms with Gasteiger partial charge in [0.1, 0.15) is 0 Å². The van der Waals surface area contributed by atoms with Crippen molar-refractivity contribution in [3.8, 4) is 0 Å². The predicted molar refractivity (Wildman–Crippen MR) is 127 cm³/mol. The van der Waals surface area contributed by atoms with E-state index in [9.17, 15) is 0 Å². The number of hydrogen-bond acceptors (Lipinski definition) is 5.